The fourth-order valence-electron chi connectivity index (χ4n) is 4.98. The van der Waals surface area contributed by atoms with Gasteiger partial charge in [0.15, 0.2) is 0 Å². The summed E-state index contributed by atoms with van der Waals surface area (Å²) in [5.41, 5.74) is 7.14. The van der Waals surface area contributed by atoms with Crippen LogP contribution in [0, 0.1) is 0 Å². The summed E-state index contributed by atoms with van der Waals surface area (Å²) in [4.78, 5) is 5.15. The average Bonchev–Trinajstić information content (AvgIpc) is 3.28. The van der Waals surface area contributed by atoms with E-state index in [2.05, 4.69) is 97.1 Å². The van der Waals surface area contributed by atoms with Gasteiger partial charge in [0.25, 0.3) is 0 Å². The third kappa shape index (κ3) is 2.71. The zero-order valence-corrected chi connectivity index (χ0v) is 17.8. The van der Waals surface area contributed by atoms with Crippen LogP contribution >= 0.6 is 0 Å². The number of hydrogen-bond acceptors (Lipinski definition) is 2. The molecule has 2 heterocycles. The summed E-state index contributed by atoms with van der Waals surface area (Å²) in [6.07, 6.45) is 0. The number of aromatic nitrogens is 1. The lowest BCUT2D eigenvalue weighted by Crippen LogP contribution is -1.91. The third-order valence-corrected chi connectivity index (χ3v) is 6.44. The lowest BCUT2D eigenvalue weighted by Gasteiger charge is -2.13. The topological polar surface area (TPSA) is 26.0 Å². The molecule has 0 N–H and O–H groups in total. The first kappa shape index (κ1) is 18.2. The molecule has 5 aromatic carbocycles. The Balaban J connectivity index is 1.79. The highest BCUT2D eigenvalue weighted by atomic mass is 16.3. The van der Waals surface area contributed by atoms with E-state index in [9.17, 15) is 0 Å². The smallest absolute Gasteiger partial charge is 0.143 e. The van der Waals surface area contributed by atoms with Crippen molar-refractivity contribution in [1.82, 2.24) is 4.98 Å². The second-order valence-electron chi connectivity index (χ2n) is 8.36. The maximum atomic E-state index is 6.52. The molecule has 0 atom stereocenters. The number of rotatable bonds is 2. The number of benzene rings is 5. The molecule has 7 aromatic rings. The average molecular weight is 421 g/mol. The van der Waals surface area contributed by atoms with Crippen LogP contribution in [0.1, 0.15) is 0 Å². The first-order valence-corrected chi connectivity index (χ1v) is 11.2. The Morgan fingerprint density at radius 1 is 0.515 bits per heavy atom. The normalized spacial score (nSPS) is 11.6. The van der Waals surface area contributed by atoms with Crippen LogP contribution in [0.2, 0.25) is 0 Å². The maximum absolute atomic E-state index is 6.52. The standard InChI is InChI=1S/C31H19NO/c1-3-11-20(12-4-1)24-19-25-28(29-23-16-8-10-18-27(23)33-31(24)29)22-15-7-9-17-26(22)32-30(25)21-13-5-2-6-14-21/h1-19H. The van der Waals surface area contributed by atoms with E-state index >= 15 is 0 Å². The van der Waals surface area contributed by atoms with Gasteiger partial charge < -0.3 is 4.42 Å². The van der Waals surface area contributed by atoms with Crippen LogP contribution < -0.4 is 0 Å². The number of furan rings is 1. The van der Waals surface area contributed by atoms with Gasteiger partial charge in [-0.3, -0.25) is 0 Å². The zero-order chi connectivity index (χ0) is 21.8. The number of nitrogens with zero attached hydrogens (tertiary/aromatic N) is 1. The van der Waals surface area contributed by atoms with E-state index in [-0.39, 0.29) is 0 Å². The number of pyridine rings is 1. The van der Waals surface area contributed by atoms with E-state index < -0.39 is 0 Å². The fourth-order valence-corrected chi connectivity index (χ4v) is 4.98. The highest BCUT2D eigenvalue weighted by Gasteiger charge is 2.20. The van der Waals surface area contributed by atoms with Gasteiger partial charge in [0.2, 0.25) is 0 Å². The quantitative estimate of drug-likeness (QED) is 0.261. The summed E-state index contributed by atoms with van der Waals surface area (Å²) in [7, 11) is 0. The van der Waals surface area contributed by atoms with Gasteiger partial charge in [-0.05, 0) is 23.8 Å². The molecule has 2 heteroatoms. The Morgan fingerprint density at radius 2 is 1.15 bits per heavy atom. The Hall–Kier alpha value is -4.43. The van der Waals surface area contributed by atoms with Crippen LogP contribution in [0.3, 0.4) is 0 Å². The third-order valence-electron chi connectivity index (χ3n) is 6.44. The van der Waals surface area contributed by atoms with E-state index in [0.717, 1.165) is 60.6 Å². The minimum Gasteiger partial charge on any atom is -0.455 e. The highest BCUT2D eigenvalue weighted by Crippen LogP contribution is 2.45. The molecule has 0 saturated heterocycles. The molecule has 7 rings (SSSR count). The van der Waals surface area contributed by atoms with Crippen molar-refractivity contribution in [3.8, 4) is 22.4 Å². The molecule has 0 spiro atoms. The molecule has 33 heavy (non-hydrogen) atoms. The molecule has 0 aliphatic rings. The summed E-state index contributed by atoms with van der Waals surface area (Å²) in [6.45, 7) is 0. The van der Waals surface area contributed by atoms with E-state index in [1.54, 1.807) is 0 Å². The molecular formula is C31H19NO. The summed E-state index contributed by atoms with van der Waals surface area (Å²) in [5.74, 6) is 0. The first-order valence-electron chi connectivity index (χ1n) is 11.2. The van der Waals surface area contributed by atoms with Crippen LogP contribution in [0.15, 0.2) is 120 Å². The minimum absolute atomic E-state index is 0.902. The predicted molar refractivity (Wildman–Crippen MR) is 137 cm³/mol. The molecule has 0 bridgehead atoms. The monoisotopic (exact) mass is 421 g/mol. The molecule has 2 aromatic heterocycles. The van der Waals surface area contributed by atoms with Crippen molar-refractivity contribution in [2.24, 2.45) is 0 Å². The van der Waals surface area contributed by atoms with Gasteiger partial charge in [0, 0.05) is 38.1 Å². The van der Waals surface area contributed by atoms with Crippen molar-refractivity contribution in [3.05, 3.63) is 115 Å². The fraction of sp³-hybridized carbons (Fsp3) is 0. The van der Waals surface area contributed by atoms with Gasteiger partial charge in [-0.15, -0.1) is 0 Å². The van der Waals surface area contributed by atoms with Gasteiger partial charge in [0.1, 0.15) is 11.2 Å². The van der Waals surface area contributed by atoms with E-state index in [1.807, 2.05) is 18.2 Å². The van der Waals surface area contributed by atoms with E-state index in [4.69, 9.17) is 9.40 Å². The first-order chi connectivity index (χ1) is 16.4. The van der Waals surface area contributed by atoms with Crippen molar-refractivity contribution in [3.63, 3.8) is 0 Å². The molecule has 154 valence electrons. The van der Waals surface area contributed by atoms with E-state index in [1.165, 1.54) is 5.39 Å². The van der Waals surface area contributed by atoms with E-state index in [0.29, 0.717) is 0 Å². The molecule has 0 saturated carbocycles. The van der Waals surface area contributed by atoms with Crippen LogP contribution in [0.25, 0.3) is 66.0 Å². The summed E-state index contributed by atoms with van der Waals surface area (Å²) in [5, 5.41) is 5.75. The van der Waals surface area contributed by atoms with Gasteiger partial charge in [-0.1, -0.05) is 97.1 Å². The molecule has 0 radical (unpaired) electrons. The summed E-state index contributed by atoms with van der Waals surface area (Å²) >= 11 is 0. The molecule has 0 unspecified atom stereocenters. The van der Waals surface area contributed by atoms with Gasteiger partial charge in [-0.25, -0.2) is 4.98 Å². The molecule has 2 nitrogen and oxygen atoms in total. The molecular weight excluding hydrogens is 402 g/mol. The van der Waals surface area contributed by atoms with Crippen LogP contribution in [0.5, 0.6) is 0 Å². The molecule has 0 amide bonds. The second kappa shape index (κ2) is 7.04. The predicted octanol–water partition coefficient (Wildman–Crippen LogP) is 8.62. The molecule has 0 aliphatic carbocycles. The Labute approximate surface area is 190 Å². The number of para-hydroxylation sites is 2. The SMILES string of the molecule is c1ccc(-c2nc3ccccc3c3c2cc(-c2ccccc2)c2oc4ccccc4c23)cc1. The van der Waals surface area contributed by atoms with Crippen LogP contribution in [0.4, 0.5) is 0 Å². The van der Waals surface area contributed by atoms with Crippen molar-refractivity contribution in [2.75, 3.05) is 0 Å². The van der Waals surface area contributed by atoms with Crippen LogP contribution in [-0.2, 0) is 0 Å². The summed E-state index contributed by atoms with van der Waals surface area (Å²) in [6, 6.07) is 39.9. The van der Waals surface area contributed by atoms with Gasteiger partial charge >= 0.3 is 0 Å². The van der Waals surface area contributed by atoms with Crippen molar-refractivity contribution in [1.29, 1.82) is 0 Å². The Morgan fingerprint density at radius 3 is 1.94 bits per heavy atom. The number of fused-ring (bicyclic) bond motifs is 7. The zero-order valence-electron chi connectivity index (χ0n) is 17.8. The van der Waals surface area contributed by atoms with Crippen molar-refractivity contribution >= 4 is 43.6 Å². The maximum Gasteiger partial charge on any atom is 0.143 e. The van der Waals surface area contributed by atoms with Gasteiger partial charge in [0.05, 0.1) is 11.2 Å². The Bertz CT molecular complexity index is 1760. The highest BCUT2D eigenvalue weighted by molar-refractivity contribution is 6.30. The van der Waals surface area contributed by atoms with Gasteiger partial charge in [-0.2, -0.15) is 0 Å². The molecule has 0 fully saturated rings. The lowest BCUT2D eigenvalue weighted by molar-refractivity contribution is 0.670. The largest absolute Gasteiger partial charge is 0.455 e. The van der Waals surface area contributed by atoms with Crippen molar-refractivity contribution in [2.45, 2.75) is 0 Å². The lowest BCUT2D eigenvalue weighted by atomic mass is 9.92. The second-order valence-corrected chi connectivity index (χ2v) is 8.36. The minimum atomic E-state index is 0.902. The number of hydrogen-bond donors (Lipinski definition) is 0. The summed E-state index contributed by atoms with van der Waals surface area (Å²) < 4.78 is 6.52. The van der Waals surface area contributed by atoms with Crippen LogP contribution in [-0.4, -0.2) is 4.98 Å². The van der Waals surface area contributed by atoms with Crippen molar-refractivity contribution < 1.29 is 4.42 Å². The molecule has 0 aliphatic heterocycles. The Kier molecular flexibility index (Phi) is 3.88.